The number of aliphatic carboxylic acids is 1. The molecule has 0 aromatic rings. The number of methoxy groups -OCH3 is 1. The van der Waals surface area contributed by atoms with Crippen LogP contribution in [0.3, 0.4) is 0 Å². The van der Waals surface area contributed by atoms with Crippen LogP contribution in [0, 0.1) is 11.8 Å². The summed E-state index contributed by atoms with van der Waals surface area (Å²) in [6, 6.07) is -0.0444. The highest BCUT2D eigenvalue weighted by Gasteiger charge is 2.40. The molecule has 0 bridgehead atoms. The van der Waals surface area contributed by atoms with Crippen LogP contribution < -0.4 is 0 Å². The van der Waals surface area contributed by atoms with Crippen molar-refractivity contribution in [2.45, 2.75) is 38.1 Å². The van der Waals surface area contributed by atoms with E-state index in [1.807, 2.05) is 0 Å². The van der Waals surface area contributed by atoms with Gasteiger partial charge in [0.2, 0.25) is 5.91 Å². The summed E-state index contributed by atoms with van der Waals surface area (Å²) >= 11 is 0. The SMILES string of the molecule is COC(=O)C1CC(=O)N(C2CCCC(C(=O)O)C2)C1. The lowest BCUT2D eigenvalue weighted by molar-refractivity contribution is -0.146. The molecule has 2 fully saturated rings. The average Bonchev–Trinajstić information content (AvgIpc) is 2.80. The molecule has 0 spiro atoms. The smallest absolute Gasteiger partial charge is 0.310 e. The number of rotatable bonds is 3. The number of carboxylic acids is 1. The van der Waals surface area contributed by atoms with Crippen molar-refractivity contribution in [2.24, 2.45) is 11.8 Å². The third-order valence-corrected chi connectivity index (χ3v) is 4.13. The molecule has 1 N–H and O–H groups in total. The summed E-state index contributed by atoms with van der Waals surface area (Å²) in [5, 5.41) is 9.07. The van der Waals surface area contributed by atoms with Crippen molar-refractivity contribution in [2.75, 3.05) is 13.7 Å². The summed E-state index contributed by atoms with van der Waals surface area (Å²) in [7, 11) is 1.32. The summed E-state index contributed by atoms with van der Waals surface area (Å²) < 4.78 is 4.67. The van der Waals surface area contributed by atoms with Gasteiger partial charge in [0.25, 0.3) is 0 Å². The van der Waals surface area contributed by atoms with Gasteiger partial charge >= 0.3 is 11.9 Å². The fraction of sp³-hybridized carbons (Fsp3) is 0.769. The largest absolute Gasteiger partial charge is 0.481 e. The van der Waals surface area contributed by atoms with E-state index in [4.69, 9.17) is 5.11 Å². The van der Waals surface area contributed by atoms with Gasteiger partial charge in [0.05, 0.1) is 18.9 Å². The second-order valence-corrected chi connectivity index (χ2v) is 5.33. The number of esters is 1. The Morgan fingerprint density at radius 2 is 2.05 bits per heavy atom. The van der Waals surface area contributed by atoms with Crippen LogP contribution in [0.15, 0.2) is 0 Å². The second kappa shape index (κ2) is 5.59. The van der Waals surface area contributed by atoms with Crippen molar-refractivity contribution in [3.05, 3.63) is 0 Å². The van der Waals surface area contributed by atoms with Crippen molar-refractivity contribution in [3.8, 4) is 0 Å². The Labute approximate surface area is 111 Å². The lowest BCUT2D eigenvalue weighted by Crippen LogP contribution is -2.41. The summed E-state index contributed by atoms with van der Waals surface area (Å²) in [4.78, 5) is 36.1. The van der Waals surface area contributed by atoms with Gasteiger partial charge in [-0.1, -0.05) is 6.42 Å². The average molecular weight is 269 g/mol. The maximum absolute atomic E-state index is 12.0. The minimum Gasteiger partial charge on any atom is -0.481 e. The van der Waals surface area contributed by atoms with E-state index in [-0.39, 0.29) is 30.3 Å². The summed E-state index contributed by atoms with van der Waals surface area (Å²) in [6.07, 6.45) is 2.99. The van der Waals surface area contributed by atoms with E-state index in [9.17, 15) is 14.4 Å². The second-order valence-electron chi connectivity index (χ2n) is 5.33. The van der Waals surface area contributed by atoms with Crippen molar-refractivity contribution >= 4 is 17.8 Å². The Hall–Kier alpha value is -1.59. The zero-order chi connectivity index (χ0) is 14.0. The highest BCUT2D eigenvalue weighted by molar-refractivity contribution is 5.87. The van der Waals surface area contributed by atoms with Gasteiger partial charge in [0, 0.05) is 19.0 Å². The molecule has 19 heavy (non-hydrogen) atoms. The van der Waals surface area contributed by atoms with Gasteiger partial charge in [-0.25, -0.2) is 0 Å². The molecule has 0 aromatic carbocycles. The third kappa shape index (κ3) is 2.88. The quantitative estimate of drug-likeness (QED) is 0.760. The highest BCUT2D eigenvalue weighted by atomic mass is 16.5. The molecule has 1 aliphatic carbocycles. The summed E-state index contributed by atoms with van der Waals surface area (Å²) in [5.41, 5.74) is 0. The number of carbonyl (C=O) groups is 3. The van der Waals surface area contributed by atoms with Crippen LogP contribution in [-0.2, 0) is 19.1 Å². The minimum absolute atomic E-state index is 0.0444. The third-order valence-electron chi connectivity index (χ3n) is 4.13. The van der Waals surface area contributed by atoms with Crippen LogP contribution in [0.5, 0.6) is 0 Å². The number of likely N-dealkylation sites (tertiary alicyclic amines) is 1. The van der Waals surface area contributed by atoms with Crippen LogP contribution in [0.4, 0.5) is 0 Å². The fourth-order valence-corrected chi connectivity index (χ4v) is 3.08. The van der Waals surface area contributed by atoms with Crippen molar-refractivity contribution in [1.29, 1.82) is 0 Å². The van der Waals surface area contributed by atoms with E-state index in [0.29, 0.717) is 19.4 Å². The molecule has 6 nitrogen and oxygen atoms in total. The van der Waals surface area contributed by atoms with Crippen LogP contribution in [0.25, 0.3) is 0 Å². The Morgan fingerprint density at radius 1 is 1.32 bits per heavy atom. The molecular weight excluding hydrogens is 250 g/mol. The molecule has 3 unspecified atom stereocenters. The number of amides is 1. The lowest BCUT2D eigenvalue weighted by Gasteiger charge is -2.33. The Morgan fingerprint density at radius 3 is 2.68 bits per heavy atom. The van der Waals surface area contributed by atoms with E-state index in [0.717, 1.165) is 12.8 Å². The van der Waals surface area contributed by atoms with Crippen LogP contribution in [0.1, 0.15) is 32.1 Å². The molecule has 0 radical (unpaired) electrons. The lowest BCUT2D eigenvalue weighted by atomic mass is 9.85. The van der Waals surface area contributed by atoms with Crippen LogP contribution in [-0.4, -0.2) is 47.5 Å². The molecule has 1 aliphatic heterocycles. The molecule has 2 rings (SSSR count). The number of hydrogen-bond donors (Lipinski definition) is 1. The molecule has 1 saturated carbocycles. The maximum Gasteiger partial charge on any atom is 0.310 e. The standard InChI is InChI=1S/C13H19NO5/c1-19-13(18)9-6-11(15)14(7-9)10-4-2-3-8(5-10)12(16)17/h8-10H,2-7H2,1H3,(H,16,17). The van der Waals surface area contributed by atoms with Crippen molar-refractivity contribution < 1.29 is 24.2 Å². The fourth-order valence-electron chi connectivity index (χ4n) is 3.08. The van der Waals surface area contributed by atoms with Crippen LogP contribution >= 0.6 is 0 Å². The van der Waals surface area contributed by atoms with E-state index in [2.05, 4.69) is 4.74 Å². The molecule has 6 heteroatoms. The van der Waals surface area contributed by atoms with Gasteiger partial charge in [-0.3, -0.25) is 14.4 Å². The monoisotopic (exact) mass is 269 g/mol. The molecule has 1 heterocycles. The highest BCUT2D eigenvalue weighted by Crippen LogP contribution is 2.32. The zero-order valence-corrected chi connectivity index (χ0v) is 11.0. The normalized spacial score (nSPS) is 31.3. The Balaban J connectivity index is 2.00. The van der Waals surface area contributed by atoms with E-state index in [1.165, 1.54) is 7.11 Å². The van der Waals surface area contributed by atoms with Crippen molar-refractivity contribution in [3.63, 3.8) is 0 Å². The first-order chi connectivity index (χ1) is 9.02. The summed E-state index contributed by atoms with van der Waals surface area (Å²) in [6.45, 7) is 0.364. The van der Waals surface area contributed by atoms with Gasteiger partial charge in [-0.15, -0.1) is 0 Å². The number of hydrogen-bond acceptors (Lipinski definition) is 4. The molecule has 3 atom stereocenters. The number of ether oxygens (including phenoxy) is 1. The van der Waals surface area contributed by atoms with Gasteiger partial charge in [-0.05, 0) is 19.3 Å². The van der Waals surface area contributed by atoms with Crippen LogP contribution in [0.2, 0.25) is 0 Å². The van der Waals surface area contributed by atoms with E-state index >= 15 is 0 Å². The van der Waals surface area contributed by atoms with Gasteiger partial charge in [0.15, 0.2) is 0 Å². The van der Waals surface area contributed by atoms with Gasteiger partial charge in [-0.2, -0.15) is 0 Å². The van der Waals surface area contributed by atoms with E-state index in [1.54, 1.807) is 4.90 Å². The predicted molar refractivity (Wildman–Crippen MR) is 65.2 cm³/mol. The van der Waals surface area contributed by atoms with Crippen molar-refractivity contribution in [1.82, 2.24) is 4.90 Å². The minimum atomic E-state index is -0.791. The maximum atomic E-state index is 12.0. The molecule has 1 amide bonds. The molecule has 0 aromatic heterocycles. The first-order valence-corrected chi connectivity index (χ1v) is 6.63. The predicted octanol–water partition coefficient (Wildman–Crippen LogP) is 0.651. The zero-order valence-electron chi connectivity index (χ0n) is 11.0. The first kappa shape index (κ1) is 13.8. The molecule has 2 aliphatic rings. The molecule has 1 saturated heterocycles. The Kier molecular flexibility index (Phi) is 4.07. The number of carbonyl (C=O) groups excluding carboxylic acids is 2. The number of nitrogens with zero attached hydrogens (tertiary/aromatic N) is 1. The summed E-state index contributed by atoms with van der Waals surface area (Å²) in [5.74, 6) is -1.99. The Bertz CT molecular complexity index is 394. The molecule has 106 valence electrons. The topological polar surface area (TPSA) is 83.9 Å². The van der Waals surface area contributed by atoms with Gasteiger partial charge in [0.1, 0.15) is 0 Å². The first-order valence-electron chi connectivity index (χ1n) is 6.63. The molecular formula is C13H19NO5. The van der Waals surface area contributed by atoms with E-state index < -0.39 is 11.9 Å². The number of carboxylic acid groups (broad SMARTS) is 1. The van der Waals surface area contributed by atoms with Gasteiger partial charge < -0.3 is 14.7 Å².